The Hall–Kier alpha value is -7.22. The number of hydrazine groups is 1. The van der Waals surface area contributed by atoms with Crippen LogP contribution >= 0.6 is 0 Å². The fraction of sp³-hybridized carbons (Fsp3) is 0.500. The molecule has 7 rings (SSSR count). The summed E-state index contributed by atoms with van der Waals surface area (Å²) in [4.78, 5) is 61.6. The molecule has 0 spiro atoms. The van der Waals surface area contributed by atoms with Crippen molar-refractivity contribution in [3.63, 3.8) is 0 Å². The van der Waals surface area contributed by atoms with Crippen molar-refractivity contribution in [2.45, 2.75) is 115 Å². The van der Waals surface area contributed by atoms with Crippen LogP contribution in [0.5, 0.6) is 0 Å². The Balaban J connectivity index is 1.18. The van der Waals surface area contributed by atoms with Gasteiger partial charge in [-0.25, -0.2) is 33.0 Å². The largest absolute Gasteiger partial charge is 0.465 e. The number of methoxy groups -OCH3 is 1. The molecular weight excluding hydrogens is 1080 g/mol. The summed E-state index contributed by atoms with van der Waals surface area (Å²) in [7, 11) is 0.811. The van der Waals surface area contributed by atoms with Crippen LogP contribution in [-0.2, 0) is 32.0 Å². The molecule has 2 bridgehead atoms. The number of amides is 4. The van der Waals surface area contributed by atoms with Crippen molar-refractivity contribution in [2.75, 3.05) is 44.9 Å². The summed E-state index contributed by atoms with van der Waals surface area (Å²) < 4.78 is 155. The molecule has 18 nitrogen and oxygen atoms in total. The third-order valence-electron chi connectivity index (χ3n) is 14.6. The van der Waals surface area contributed by atoms with Gasteiger partial charge in [0.2, 0.25) is 5.91 Å². The number of alkyl halides is 8. The van der Waals surface area contributed by atoms with Gasteiger partial charge < -0.3 is 40.5 Å². The van der Waals surface area contributed by atoms with Crippen molar-refractivity contribution in [1.82, 2.24) is 46.0 Å². The Morgan fingerprint density at radius 1 is 0.812 bits per heavy atom. The number of ether oxygens (including phenoxy) is 2. The third kappa shape index (κ3) is 13.8. The standard InChI is InChI=1S/C52H58F10N10O8/c1-49(2,51(57,58)59)42(66-48(78)79-5)44(74)64-39(18-29-9-6-28(7-10-29)8-11-30-12-15-41(63-21-30)69-22-32-13-14-33(23-69)72(32)34-26-80-27-34)40(73)25-70(68-45(75)43(65-47(76)77)50(3,4)52(60,61)62)24-35-36(53)19-31(20-37(35)54)38-16-17-71(67-38)46(55)56/h6-7,9-10,12,15-17,19-21,32-34,39-40,42-43,46,65,73H,13-14,18,22-27H2,1-5H3,(H,64,74)(H,66,78)(H,68,75)(H,76,77)/t32?,33?,39-,40-,42+,43+/m0/s1. The number of benzene rings is 2. The predicted molar refractivity (Wildman–Crippen MR) is 265 cm³/mol. The van der Waals surface area contributed by atoms with Gasteiger partial charge in [-0.15, -0.1) is 0 Å². The van der Waals surface area contributed by atoms with Crippen LogP contribution in [0.2, 0.25) is 0 Å². The predicted octanol–water partition coefficient (Wildman–Crippen LogP) is 6.53. The minimum absolute atomic E-state index is 0.188. The number of carbonyl (C=O) groups excluding carboxylic acids is 3. The minimum Gasteiger partial charge on any atom is -0.465 e. The van der Waals surface area contributed by atoms with E-state index < -0.39 is 115 Å². The topological polar surface area (TPSA) is 216 Å². The number of anilines is 1. The lowest BCUT2D eigenvalue weighted by molar-refractivity contribution is -0.221. The lowest BCUT2D eigenvalue weighted by Crippen LogP contribution is -2.63. The Morgan fingerprint density at radius 3 is 1.89 bits per heavy atom. The average Bonchev–Trinajstić information content (AvgIpc) is 3.96. The van der Waals surface area contributed by atoms with Gasteiger partial charge in [0.05, 0.1) is 55.0 Å². The van der Waals surface area contributed by atoms with Gasteiger partial charge in [-0.05, 0) is 95.0 Å². The number of aliphatic hydroxyl groups excluding tert-OH is 1. The SMILES string of the molecule is COC(=O)N[C@H](C(=O)N[C@@H](Cc1ccc(C#Cc2ccc(N3CC4CCC(C3)N4C3COC3)nc2)cc1)[C@@H](O)CN(Cc1c(F)cc(-c2ccn(C(F)F)n2)cc1F)NC(=O)[C@@H](NC(=O)O)C(C)(C)C(F)(F)F)C(C)(C)C(F)(F)F. The molecule has 6 atom stereocenters. The number of pyridine rings is 1. The maximum atomic E-state index is 16.0. The highest BCUT2D eigenvalue weighted by molar-refractivity contribution is 5.87. The van der Waals surface area contributed by atoms with Crippen molar-refractivity contribution in [1.29, 1.82) is 0 Å². The summed E-state index contributed by atoms with van der Waals surface area (Å²) in [5.41, 5.74) is -4.67. The van der Waals surface area contributed by atoms with E-state index in [1.54, 1.807) is 6.20 Å². The molecule has 2 aromatic carbocycles. The van der Waals surface area contributed by atoms with Crippen LogP contribution in [0.3, 0.4) is 0 Å². The zero-order valence-corrected chi connectivity index (χ0v) is 43.6. The van der Waals surface area contributed by atoms with Crippen molar-refractivity contribution in [2.24, 2.45) is 10.8 Å². The van der Waals surface area contributed by atoms with Crippen LogP contribution in [0.4, 0.5) is 59.3 Å². The normalized spacial score (nSPS) is 18.6. The van der Waals surface area contributed by atoms with Gasteiger partial charge >= 0.3 is 31.1 Å². The summed E-state index contributed by atoms with van der Waals surface area (Å²) in [5.74, 6) is 0.608. The number of rotatable bonds is 19. The van der Waals surface area contributed by atoms with Crippen LogP contribution < -0.4 is 26.3 Å². The van der Waals surface area contributed by atoms with E-state index in [2.05, 4.69) is 41.8 Å². The Labute approximate surface area is 452 Å². The Morgan fingerprint density at radius 2 is 1.39 bits per heavy atom. The van der Waals surface area contributed by atoms with Crippen LogP contribution in [0.15, 0.2) is 67.0 Å². The fourth-order valence-electron chi connectivity index (χ4n) is 9.62. The first-order valence-electron chi connectivity index (χ1n) is 25.0. The molecule has 4 aromatic rings. The summed E-state index contributed by atoms with van der Waals surface area (Å²) in [6.45, 7) is -0.207. The number of hydrogen-bond donors (Lipinski definition) is 6. The van der Waals surface area contributed by atoms with E-state index in [1.807, 2.05) is 22.9 Å². The first-order valence-corrected chi connectivity index (χ1v) is 25.0. The van der Waals surface area contributed by atoms with E-state index in [4.69, 9.17) is 4.74 Å². The van der Waals surface area contributed by atoms with Gasteiger partial charge in [0, 0.05) is 72.9 Å². The first-order chi connectivity index (χ1) is 37.5. The van der Waals surface area contributed by atoms with Gasteiger partial charge in [0.25, 0.3) is 5.91 Å². The summed E-state index contributed by atoms with van der Waals surface area (Å²) in [6, 6.07) is 6.33. The zero-order chi connectivity index (χ0) is 58.6. The van der Waals surface area contributed by atoms with Gasteiger partial charge in [-0.3, -0.25) is 19.9 Å². The molecule has 0 saturated carbocycles. The van der Waals surface area contributed by atoms with Crippen molar-refractivity contribution in [3.05, 3.63) is 101 Å². The number of hydrogen-bond acceptors (Lipinski definition) is 12. The second-order valence-electron chi connectivity index (χ2n) is 20.8. The highest BCUT2D eigenvalue weighted by Crippen LogP contribution is 2.42. The smallest absolute Gasteiger partial charge is 0.407 e. The maximum absolute atomic E-state index is 16.0. The first kappa shape index (κ1) is 60.4. The maximum Gasteiger partial charge on any atom is 0.407 e. The second kappa shape index (κ2) is 24.2. The lowest BCUT2D eigenvalue weighted by Gasteiger charge is -2.47. The number of aliphatic hydroxyl groups is 1. The van der Waals surface area contributed by atoms with Gasteiger partial charge in [0.15, 0.2) is 0 Å². The number of fused-ring (bicyclic) bond motifs is 2. The molecule has 3 fully saturated rings. The quantitative estimate of drug-likeness (QED) is 0.0335. The average molecular weight is 1140 g/mol. The monoisotopic (exact) mass is 1140 g/mol. The molecule has 2 unspecified atom stereocenters. The zero-order valence-electron chi connectivity index (χ0n) is 43.6. The van der Waals surface area contributed by atoms with E-state index in [0.717, 1.165) is 64.3 Å². The molecule has 4 amide bonds. The van der Waals surface area contributed by atoms with Gasteiger partial charge in [-0.1, -0.05) is 24.0 Å². The fourth-order valence-corrected chi connectivity index (χ4v) is 9.62. The number of nitrogens with one attached hydrogen (secondary N) is 4. The number of piperazine rings is 1. The Bertz CT molecular complexity index is 2890. The molecule has 3 saturated heterocycles. The molecule has 3 aliphatic heterocycles. The van der Waals surface area contributed by atoms with Gasteiger partial charge in [0.1, 0.15) is 29.5 Å². The number of alkyl carbamates (subject to hydrolysis) is 1. The molecule has 2 aromatic heterocycles. The minimum atomic E-state index is -5.28. The molecule has 3 aliphatic rings. The van der Waals surface area contributed by atoms with Crippen LogP contribution in [-0.4, -0.2) is 154 Å². The number of nitrogens with zero attached hydrogens (tertiary/aromatic N) is 6. The van der Waals surface area contributed by atoms with E-state index in [0.29, 0.717) is 74.1 Å². The lowest BCUT2D eigenvalue weighted by atomic mass is 9.82. The van der Waals surface area contributed by atoms with Crippen molar-refractivity contribution in [3.8, 4) is 23.1 Å². The molecule has 0 aliphatic carbocycles. The number of carbonyl (C=O) groups is 4. The Kier molecular flexibility index (Phi) is 18.3. The van der Waals surface area contributed by atoms with Gasteiger partial charge in [-0.2, -0.15) is 40.2 Å². The van der Waals surface area contributed by atoms with Crippen LogP contribution in [0.1, 0.15) is 69.3 Å². The number of aromatic nitrogens is 3. The van der Waals surface area contributed by atoms with Crippen molar-refractivity contribution < 1.29 is 82.8 Å². The summed E-state index contributed by atoms with van der Waals surface area (Å²) in [6.07, 6.45) is -12.1. The molecule has 5 heterocycles. The van der Waals surface area contributed by atoms with E-state index in [9.17, 15) is 64.5 Å². The van der Waals surface area contributed by atoms with Crippen molar-refractivity contribution >= 4 is 29.8 Å². The molecule has 434 valence electrons. The van der Waals surface area contributed by atoms with Crippen LogP contribution in [0.25, 0.3) is 11.3 Å². The molecule has 6 N–H and O–H groups in total. The highest BCUT2D eigenvalue weighted by atomic mass is 19.4. The molecule has 28 heteroatoms. The number of carboxylic acid groups (broad SMARTS) is 1. The molecular formula is C52H58F10N10O8. The summed E-state index contributed by atoms with van der Waals surface area (Å²) in [5, 5.41) is 31.1. The molecule has 80 heavy (non-hydrogen) atoms. The third-order valence-corrected chi connectivity index (χ3v) is 14.6. The molecule has 0 radical (unpaired) electrons. The van der Waals surface area contributed by atoms with E-state index in [1.165, 1.54) is 29.6 Å². The van der Waals surface area contributed by atoms with Crippen LogP contribution in [0, 0.1) is 34.3 Å². The summed E-state index contributed by atoms with van der Waals surface area (Å²) >= 11 is 0. The second-order valence-corrected chi connectivity index (χ2v) is 20.8. The van der Waals surface area contributed by atoms with E-state index >= 15 is 8.78 Å². The van der Waals surface area contributed by atoms with E-state index in [-0.39, 0.29) is 21.5 Å². The number of halogens is 10. The highest BCUT2D eigenvalue weighted by Gasteiger charge is 2.57.